The molecule has 1 aliphatic heterocycles. The maximum absolute atomic E-state index is 11.5. The van der Waals surface area contributed by atoms with Crippen LogP contribution in [-0.4, -0.2) is 37.0 Å². The van der Waals surface area contributed by atoms with Gasteiger partial charge in [-0.15, -0.1) is 0 Å². The quantitative estimate of drug-likeness (QED) is 0.632. The Balaban J connectivity index is 2.14. The van der Waals surface area contributed by atoms with E-state index >= 15 is 0 Å². The number of nitrogens with zero attached hydrogens (tertiary/aromatic N) is 1. The minimum Gasteiger partial charge on any atom is -0.378 e. The number of rotatable bonds is 1. The Labute approximate surface area is 84.7 Å². The molecular weight excluding hydrogens is 178 g/mol. The van der Waals surface area contributed by atoms with E-state index in [1.807, 2.05) is 6.92 Å². The third kappa shape index (κ3) is 1.82. The monoisotopic (exact) mass is 195 g/mol. The van der Waals surface area contributed by atoms with Crippen molar-refractivity contribution in [2.45, 2.75) is 26.2 Å². The van der Waals surface area contributed by atoms with Crippen molar-refractivity contribution in [1.82, 2.24) is 4.90 Å². The third-order valence-electron chi connectivity index (χ3n) is 3.06. The van der Waals surface area contributed by atoms with E-state index in [2.05, 4.69) is 4.90 Å². The molecule has 0 unspecified atom stereocenters. The van der Waals surface area contributed by atoms with Gasteiger partial charge in [0, 0.05) is 30.8 Å². The number of hydrogen-bond acceptors (Lipinski definition) is 3. The van der Waals surface area contributed by atoms with Crippen molar-refractivity contribution in [3.8, 4) is 0 Å². The Kier molecular flexibility index (Phi) is 2.87. The van der Waals surface area contributed by atoms with Gasteiger partial charge in [-0.05, 0) is 19.8 Å². The van der Waals surface area contributed by atoms with E-state index in [0.717, 1.165) is 51.1 Å². The molecule has 0 amide bonds. The van der Waals surface area contributed by atoms with Gasteiger partial charge in [-0.25, -0.2) is 0 Å². The van der Waals surface area contributed by atoms with Crippen LogP contribution in [0.15, 0.2) is 11.3 Å². The summed E-state index contributed by atoms with van der Waals surface area (Å²) in [5.41, 5.74) is 2.25. The van der Waals surface area contributed by atoms with Crippen LogP contribution in [0.3, 0.4) is 0 Å². The summed E-state index contributed by atoms with van der Waals surface area (Å²) >= 11 is 0. The molecule has 0 aromatic carbocycles. The Morgan fingerprint density at radius 2 is 1.93 bits per heavy atom. The van der Waals surface area contributed by atoms with Crippen LogP contribution in [0.4, 0.5) is 0 Å². The molecule has 3 heteroatoms. The predicted octanol–water partition coefficient (Wildman–Crippen LogP) is 1.35. The summed E-state index contributed by atoms with van der Waals surface area (Å²) in [6, 6.07) is 0. The number of allylic oxidation sites excluding steroid dienone is 2. The summed E-state index contributed by atoms with van der Waals surface area (Å²) < 4.78 is 5.30. The SMILES string of the molecule is CC1=C(N2CCOCC2)CCCC1=O. The lowest BCUT2D eigenvalue weighted by Crippen LogP contribution is -2.37. The molecule has 0 saturated carbocycles. The smallest absolute Gasteiger partial charge is 0.160 e. The van der Waals surface area contributed by atoms with Gasteiger partial charge in [0.25, 0.3) is 0 Å². The van der Waals surface area contributed by atoms with Crippen LogP contribution in [0.25, 0.3) is 0 Å². The maximum Gasteiger partial charge on any atom is 0.160 e. The maximum atomic E-state index is 11.5. The fraction of sp³-hybridized carbons (Fsp3) is 0.727. The lowest BCUT2D eigenvalue weighted by atomic mass is 9.95. The molecule has 2 rings (SSSR count). The molecule has 0 spiro atoms. The van der Waals surface area contributed by atoms with Crippen molar-refractivity contribution in [3.63, 3.8) is 0 Å². The highest BCUT2D eigenvalue weighted by Crippen LogP contribution is 2.25. The minimum absolute atomic E-state index is 0.331. The van der Waals surface area contributed by atoms with E-state index in [4.69, 9.17) is 4.74 Å². The first-order valence-corrected chi connectivity index (χ1v) is 5.34. The number of ether oxygens (including phenoxy) is 1. The zero-order chi connectivity index (χ0) is 9.97. The Morgan fingerprint density at radius 3 is 2.64 bits per heavy atom. The number of carbonyl (C=O) groups is 1. The average molecular weight is 195 g/mol. The zero-order valence-electron chi connectivity index (χ0n) is 8.71. The van der Waals surface area contributed by atoms with Crippen LogP contribution in [0.2, 0.25) is 0 Å². The van der Waals surface area contributed by atoms with Crippen molar-refractivity contribution < 1.29 is 9.53 Å². The largest absolute Gasteiger partial charge is 0.378 e. The van der Waals surface area contributed by atoms with Crippen LogP contribution < -0.4 is 0 Å². The van der Waals surface area contributed by atoms with Crippen molar-refractivity contribution in [3.05, 3.63) is 11.3 Å². The number of ketones is 1. The molecule has 0 bridgehead atoms. The molecule has 0 atom stereocenters. The lowest BCUT2D eigenvalue weighted by molar-refractivity contribution is -0.116. The summed E-state index contributed by atoms with van der Waals surface area (Å²) in [4.78, 5) is 13.8. The molecule has 0 aromatic heterocycles. The second-order valence-corrected chi connectivity index (χ2v) is 3.95. The van der Waals surface area contributed by atoms with E-state index in [1.54, 1.807) is 0 Å². The van der Waals surface area contributed by atoms with Crippen molar-refractivity contribution >= 4 is 5.78 Å². The van der Waals surface area contributed by atoms with E-state index in [0.29, 0.717) is 5.78 Å². The Hall–Kier alpha value is -0.830. The predicted molar refractivity (Wildman–Crippen MR) is 54.0 cm³/mol. The van der Waals surface area contributed by atoms with Crippen LogP contribution in [-0.2, 0) is 9.53 Å². The highest BCUT2D eigenvalue weighted by molar-refractivity contribution is 5.96. The van der Waals surface area contributed by atoms with E-state index in [-0.39, 0.29) is 0 Å². The highest BCUT2D eigenvalue weighted by Gasteiger charge is 2.22. The molecule has 1 heterocycles. The number of hydrogen-bond donors (Lipinski definition) is 0. The zero-order valence-corrected chi connectivity index (χ0v) is 8.71. The molecule has 14 heavy (non-hydrogen) atoms. The summed E-state index contributed by atoms with van der Waals surface area (Å²) in [6.45, 7) is 5.45. The van der Waals surface area contributed by atoms with Gasteiger partial charge in [-0.2, -0.15) is 0 Å². The molecular formula is C11H17NO2. The third-order valence-corrected chi connectivity index (χ3v) is 3.06. The van der Waals surface area contributed by atoms with Gasteiger partial charge < -0.3 is 9.64 Å². The van der Waals surface area contributed by atoms with E-state index in [1.165, 1.54) is 5.70 Å². The average Bonchev–Trinajstić information content (AvgIpc) is 2.23. The second kappa shape index (κ2) is 4.13. The Bertz CT molecular complexity index is 264. The van der Waals surface area contributed by atoms with Crippen molar-refractivity contribution in [1.29, 1.82) is 0 Å². The van der Waals surface area contributed by atoms with Crippen LogP contribution in [0.1, 0.15) is 26.2 Å². The number of Topliss-reactive ketones (excluding diaryl/α,β-unsaturated/α-hetero) is 1. The van der Waals surface area contributed by atoms with Gasteiger partial charge in [-0.3, -0.25) is 4.79 Å². The van der Waals surface area contributed by atoms with E-state index in [9.17, 15) is 4.79 Å². The van der Waals surface area contributed by atoms with Gasteiger partial charge in [0.15, 0.2) is 5.78 Å². The van der Waals surface area contributed by atoms with Crippen LogP contribution in [0.5, 0.6) is 0 Å². The van der Waals surface area contributed by atoms with Crippen LogP contribution >= 0.6 is 0 Å². The molecule has 0 aromatic rings. The molecule has 78 valence electrons. The summed E-state index contributed by atoms with van der Waals surface area (Å²) in [7, 11) is 0. The molecule has 1 fully saturated rings. The lowest BCUT2D eigenvalue weighted by Gasteiger charge is -2.33. The first-order valence-electron chi connectivity index (χ1n) is 5.34. The fourth-order valence-corrected chi connectivity index (χ4v) is 2.18. The number of morpholine rings is 1. The standard InChI is InChI=1S/C11H17NO2/c1-9-10(3-2-4-11(9)13)12-5-7-14-8-6-12/h2-8H2,1H3. The number of carbonyl (C=O) groups excluding carboxylic acids is 1. The molecule has 2 aliphatic rings. The first-order chi connectivity index (χ1) is 6.79. The fourth-order valence-electron chi connectivity index (χ4n) is 2.18. The van der Waals surface area contributed by atoms with Gasteiger partial charge in [0.05, 0.1) is 13.2 Å². The summed E-state index contributed by atoms with van der Waals surface area (Å²) in [6.07, 6.45) is 2.82. The highest BCUT2D eigenvalue weighted by atomic mass is 16.5. The van der Waals surface area contributed by atoms with Crippen molar-refractivity contribution in [2.75, 3.05) is 26.3 Å². The van der Waals surface area contributed by atoms with Gasteiger partial charge in [0.2, 0.25) is 0 Å². The molecule has 0 N–H and O–H groups in total. The Morgan fingerprint density at radius 1 is 1.21 bits per heavy atom. The summed E-state index contributed by atoms with van der Waals surface area (Å²) in [5.74, 6) is 0.331. The molecule has 1 aliphatic carbocycles. The molecule has 0 radical (unpaired) electrons. The topological polar surface area (TPSA) is 29.5 Å². The van der Waals surface area contributed by atoms with E-state index < -0.39 is 0 Å². The molecule has 3 nitrogen and oxygen atoms in total. The van der Waals surface area contributed by atoms with Gasteiger partial charge in [0.1, 0.15) is 0 Å². The molecule has 1 saturated heterocycles. The van der Waals surface area contributed by atoms with Gasteiger partial charge >= 0.3 is 0 Å². The van der Waals surface area contributed by atoms with Crippen molar-refractivity contribution in [2.24, 2.45) is 0 Å². The summed E-state index contributed by atoms with van der Waals surface area (Å²) in [5, 5.41) is 0. The van der Waals surface area contributed by atoms with Gasteiger partial charge in [-0.1, -0.05) is 0 Å². The second-order valence-electron chi connectivity index (χ2n) is 3.95. The minimum atomic E-state index is 0.331. The first kappa shape index (κ1) is 9.71. The van der Waals surface area contributed by atoms with Crippen LogP contribution in [0, 0.1) is 0 Å². The normalized spacial score (nSPS) is 24.4.